The van der Waals surface area contributed by atoms with Crippen molar-refractivity contribution < 1.29 is 13.5 Å². The second kappa shape index (κ2) is 7.04. The summed E-state index contributed by atoms with van der Waals surface area (Å²) in [6.07, 6.45) is 1.48. The fraction of sp³-hybridized carbons (Fsp3) is 0.188. The predicted octanol–water partition coefficient (Wildman–Crippen LogP) is 3.98. The number of benzene rings is 1. The lowest BCUT2D eigenvalue weighted by atomic mass is 10.1. The van der Waals surface area contributed by atoms with Crippen LogP contribution in [0.4, 0.5) is 8.78 Å². The van der Waals surface area contributed by atoms with Gasteiger partial charge in [0.15, 0.2) is 0 Å². The monoisotopic (exact) mass is 417 g/mol. The fourth-order valence-corrected chi connectivity index (χ4v) is 2.59. The lowest BCUT2D eigenvalue weighted by Crippen LogP contribution is -2.23. The molecule has 0 saturated heterocycles. The molecule has 0 unspecified atom stereocenters. The Balaban J connectivity index is 2.61. The number of rotatable bonds is 5. The molecule has 0 saturated carbocycles. The van der Waals surface area contributed by atoms with Crippen LogP contribution >= 0.6 is 22.6 Å². The van der Waals surface area contributed by atoms with Crippen LogP contribution in [0.5, 0.6) is 5.75 Å². The zero-order valence-electron chi connectivity index (χ0n) is 11.9. The van der Waals surface area contributed by atoms with Crippen LogP contribution in [0.25, 0.3) is 11.3 Å². The summed E-state index contributed by atoms with van der Waals surface area (Å²) in [6, 6.07) is 5.29. The first kappa shape index (κ1) is 16.7. The van der Waals surface area contributed by atoms with Crippen molar-refractivity contribution >= 4 is 22.6 Å². The first-order valence-electron chi connectivity index (χ1n) is 6.62. The van der Waals surface area contributed by atoms with Gasteiger partial charge in [-0.15, -0.1) is 0 Å². The molecule has 2 rings (SSSR count). The van der Waals surface area contributed by atoms with Crippen molar-refractivity contribution in [1.82, 2.24) is 4.57 Å². The molecule has 22 heavy (non-hydrogen) atoms. The van der Waals surface area contributed by atoms with E-state index in [0.29, 0.717) is 10.1 Å². The standard InChI is InChI=1S/C16H14F2INO2/c1-3-7-22-10-8-11(17)15(12(18)9-10)14-6-5-13(19)16(21)20(14)4-2/h3,5-6,8-9H,1,4,7H2,2H3. The molecule has 0 amide bonds. The average Bonchev–Trinajstić information content (AvgIpc) is 2.48. The Hall–Kier alpha value is -1.70. The minimum Gasteiger partial charge on any atom is -0.489 e. The number of hydrogen-bond donors (Lipinski definition) is 0. The van der Waals surface area contributed by atoms with E-state index in [-0.39, 0.29) is 29.2 Å². The smallest absolute Gasteiger partial charge is 0.264 e. The molecule has 1 aromatic carbocycles. The maximum absolute atomic E-state index is 14.3. The predicted molar refractivity (Wildman–Crippen MR) is 90.1 cm³/mol. The summed E-state index contributed by atoms with van der Waals surface area (Å²) in [7, 11) is 0. The Morgan fingerprint density at radius 1 is 1.32 bits per heavy atom. The molecule has 0 N–H and O–H groups in total. The number of pyridine rings is 1. The first-order chi connectivity index (χ1) is 10.5. The molecular weight excluding hydrogens is 403 g/mol. The molecule has 0 bridgehead atoms. The van der Waals surface area contributed by atoms with Gasteiger partial charge in [0.1, 0.15) is 24.0 Å². The van der Waals surface area contributed by atoms with Gasteiger partial charge in [0.25, 0.3) is 5.56 Å². The Bertz CT molecular complexity index is 748. The molecule has 6 heteroatoms. The van der Waals surface area contributed by atoms with Crippen LogP contribution in [-0.2, 0) is 6.54 Å². The third-order valence-electron chi connectivity index (χ3n) is 3.08. The largest absolute Gasteiger partial charge is 0.489 e. The quantitative estimate of drug-likeness (QED) is 0.545. The minimum absolute atomic E-state index is 0.0783. The van der Waals surface area contributed by atoms with Crippen LogP contribution < -0.4 is 10.3 Å². The van der Waals surface area contributed by atoms with Gasteiger partial charge < -0.3 is 9.30 Å². The average molecular weight is 417 g/mol. The third kappa shape index (κ3) is 3.21. The summed E-state index contributed by atoms with van der Waals surface area (Å²) < 4.78 is 35.6. The van der Waals surface area contributed by atoms with E-state index in [0.717, 1.165) is 12.1 Å². The molecule has 0 fully saturated rings. The lowest BCUT2D eigenvalue weighted by molar-refractivity contribution is 0.358. The van der Waals surface area contributed by atoms with E-state index in [2.05, 4.69) is 6.58 Å². The van der Waals surface area contributed by atoms with Gasteiger partial charge in [-0.3, -0.25) is 4.79 Å². The van der Waals surface area contributed by atoms with Crippen molar-refractivity contribution in [3.05, 3.63) is 62.5 Å². The Labute approximate surface area is 140 Å². The molecule has 3 nitrogen and oxygen atoms in total. The molecule has 2 aromatic rings. The van der Waals surface area contributed by atoms with Crippen LogP contribution in [0.15, 0.2) is 41.7 Å². The highest BCUT2D eigenvalue weighted by Gasteiger charge is 2.18. The summed E-state index contributed by atoms with van der Waals surface area (Å²) >= 11 is 1.90. The Morgan fingerprint density at radius 2 is 1.95 bits per heavy atom. The molecule has 0 aliphatic carbocycles. The van der Waals surface area contributed by atoms with Crippen LogP contribution in [0, 0.1) is 15.2 Å². The molecule has 116 valence electrons. The van der Waals surface area contributed by atoms with E-state index in [1.165, 1.54) is 10.6 Å². The summed E-state index contributed by atoms with van der Waals surface area (Å²) in [6.45, 7) is 5.70. The highest BCUT2D eigenvalue weighted by atomic mass is 127. The maximum Gasteiger partial charge on any atom is 0.264 e. The van der Waals surface area contributed by atoms with Gasteiger partial charge in [-0.05, 0) is 41.6 Å². The third-order valence-corrected chi connectivity index (χ3v) is 3.90. The van der Waals surface area contributed by atoms with E-state index in [1.807, 2.05) is 22.6 Å². The highest BCUT2D eigenvalue weighted by Crippen LogP contribution is 2.29. The van der Waals surface area contributed by atoms with E-state index in [4.69, 9.17) is 4.74 Å². The second-order valence-electron chi connectivity index (χ2n) is 4.48. The SMILES string of the molecule is C=CCOc1cc(F)c(-c2ccc(I)c(=O)n2CC)c(F)c1. The molecule has 0 spiro atoms. The van der Waals surface area contributed by atoms with Gasteiger partial charge in [-0.1, -0.05) is 12.7 Å². The normalized spacial score (nSPS) is 10.5. The summed E-state index contributed by atoms with van der Waals surface area (Å²) in [5.41, 5.74) is -0.300. The first-order valence-corrected chi connectivity index (χ1v) is 7.70. The zero-order valence-corrected chi connectivity index (χ0v) is 14.1. The Morgan fingerprint density at radius 3 is 2.50 bits per heavy atom. The molecule has 1 aromatic heterocycles. The number of hydrogen-bond acceptors (Lipinski definition) is 2. The Kier molecular flexibility index (Phi) is 5.33. The van der Waals surface area contributed by atoms with E-state index in [9.17, 15) is 13.6 Å². The number of nitrogens with zero attached hydrogens (tertiary/aromatic N) is 1. The molecule has 0 atom stereocenters. The highest BCUT2D eigenvalue weighted by molar-refractivity contribution is 14.1. The van der Waals surface area contributed by atoms with Gasteiger partial charge in [-0.25, -0.2) is 8.78 Å². The van der Waals surface area contributed by atoms with E-state index in [1.54, 1.807) is 19.1 Å². The van der Waals surface area contributed by atoms with Gasteiger partial charge >= 0.3 is 0 Å². The van der Waals surface area contributed by atoms with Crippen molar-refractivity contribution in [3.63, 3.8) is 0 Å². The van der Waals surface area contributed by atoms with E-state index >= 15 is 0 Å². The topological polar surface area (TPSA) is 31.2 Å². The van der Waals surface area contributed by atoms with Crippen LogP contribution in [0.3, 0.4) is 0 Å². The molecule has 1 heterocycles. The molecular formula is C16H14F2INO2. The van der Waals surface area contributed by atoms with E-state index < -0.39 is 11.6 Å². The van der Waals surface area contributed by atoms with Gasteiger partial charge in [0, 0.05) is 18.7 Å². The molecule has 0 aliphatic rings. The van der Waals surface area contributed by atoms with Crippen molar-refractivity contribution in [2.45, 2.75) is 13.5 Å². The van der Waals surface area contributed by atoms with Crippen LogP contribution in [0.2, 0.25) is 0 Å². The molecule has 0 radical (unpaired) electrons. The summed E-state index contributed by atoms with van der Waals surface area (Å²) in [4.78, 5) is 12.1. The van der Waals surface area contributed by atoms with Crippen molar-refractivity contribution in [2.75, 3.05) is 6.61 Å². The van der Waals surface area contributed by atoms with Gasteiger partial charge in [0.2, 0.25) is 0 Å². The van der Waals surface area contributed by atoms with Crippen molar-refractivity contribution in [3.8, 4) is 17.0 Å². The summed E-state index contributed by atoms with van der Waals surface area (Å²) in [5.74, 6) is -1.47. The maximum atomic E-state index is 14.3. The number of halogens is 3. The van der Waals surface area contributed by atoms with Crippen LogP contribution in [0.1, 0.15) is 6.92 Å². The van der Waals surface area contributed by atoms with Gasteiger partial charge in [-0.2, -0.15) is 0 Å². The zero-order chi connectivity index (χ0) is 16.3. The van der Waals surface area contributed by atoms with Gasteiger partial charge in [0.05, 0.1) is 14.8 Å². The molecule has 0 aliphatic heterocycles. The van der Waals surface area contributed by atoms with Crippen molar-refractivity contribution in [1.29, 1.82) is 0 Å². The second-order valence-corrected chi connectivity index (χ2v) is 5.64. The summed E-state index contributed by atoms with van der Waals surface area (Å²) in [5, 5.41) is 0. The lowest BCUT2D eigenvalue weighted by Gasteiger charge is -2.14. The number of aromatic nitrogens is 1. The van der Waals surface area contributed by atoms with Crippen LogP contribution in [-0.4, -0.2) is 11.2 Å². The number of ether oxygens (including phenoxy) is 1. The minimum atomic E-state index is -0.776. The van der Waals surface area contributed by atoms with Crippen molar-refractivity contribution in [2.24, 2.45) is 0 Å². The fourth-order valence-electron chi connectivity index (χ4n) is 2.12.